The van der Waals surface area contributed by atoms with Crippen LogP contribution in [0.15, 0.2) is 0 Å². The minimum absolute atomic E-state index is 0.0909. The number of quaternary nitrogens is 1. The standard InChI is InChI=1S/C11H22NO3P/c1-6-15-16(13,14)10-12(4,5)9-7-8-11(2)3/h11H,6,9-10H2,1-5H3/p+1. The van der Waals surface area contributed by atoms with Crippen molar-refractivity contribution < 1.29 is 18.5 Å². The molecule has 0 amide bonds. The molecule has 0 aliphatic heterocycles. The van der Waals surface area contributed by atoms with Crippen LogP contribution < -0.4 is 0 Å². The van der Waals surface area contributed by atoms with Gasteiger partial charge in [0.1, 0.15) is 6.54 Å². The van der Waals surface area contributed by atoms with Gasteiger partial charge in [-0.2, -0.15) is 0 Å². The molecule has 0 radical (unpaired) electrons. The molecule has 0 aliphatic carbocycles. The molecule has 0 rings (SSSR count). The van der Waals surface area contributed by atoms with Crippen LogP contribution in [0.1, 0.15) is 20.8 Å². The van der Waals surface area contributed by atoms with E-state index < -0.39 is 7.60 Å². The Hall–Kier alpha value is -0.330. The normalized spacial score (nSPS) is 15.4. The van der Waals surface area contributed by atoms with Crippen LogP contribution in [0.25, 0.3) is 0 Å². The average Bonchev–Trinajstić information content (AvgIpc) is 1.99. The molecule has 0 bridgehead atoms. The SMILES string of the molecule is CCOP(=O)(O)C[N+](C)(C)CC#CC(C)C. The van der Waals surface area contributed by atoms with Gasteiger partial charge in [-0.25, -0.2) is 0 Å². The van der Waals surface area contributed by atoms with Gasteiger partial charge >= 0.3 is 7.60 Å². The summed E-state index contributed by atoms with van der Waals surface area (Å²) in [6, 6.07) is 0. The van der Waals surface area contributed by atoms with Crippen molar-refractivity contribution in [2.45, 2.75) is 20.8 Å². The Bertz CT molecular complexity index is 315. The summed E-state index contributed by atoms with van der Waals surface area (Å²) in [5.41, 5.74) is 0. The quantitative estimate of drug-likeness (QED) is 0.459. The van der Waals surface area contributed by atoms with E-state index in [1.54, 1.807) is 6.92 Å². The van der Waals surface area contributed by atoms with E-state index in [0.717, 1.165) is 0 Å². The van der Waals surface area contributed by atoms with Gasteiger partial charge in [0.2, 0.25) is 0 Å². The topological polar surface area (TPSA) is 46.5 Å². The summed E-state index contributed by atoms with van der Waals surface area (Å²) in [5, 5.41) is 0. The van der Waals surface area contributed by atoms with E-state index >= 15 is 0 Å². The Labute approximate surface area is 98.7 Å². The second kappa shape index (κ2) is 6.42. The van der Waals surface area contributed by atoms with Gasteiger partial charge in [-0.1, -0.05) is 19.8 Å². The van der Waals surface area contributed by atoms with Gasteiger partial charge in [-0.3, -0.25) is 4.57 Å². The fraction of sp³-hybridized carbons (Fsp3) is 0.818. The van der Waals surface area contributed by atoms with Gasteiger partial charge in [-0.05, 0) is 12.8 Å². The number of rotatable bonds is 5. The van der Waals surface area contributed by atoms with Crippen LogP contribution in [0.4, 0.5) is 0 Å². The minimum Gasteiger partial charge on any atom is -0.320 e. The second-order valence-corrected chi connectivity index (χ2v) is 6.58. The van der Waals surface area contributed by atoms with E-state index in [4.69, 9.17) is 4.52 Å². The first-order valence-electron chi connectivity index (χ1n) is 5.45. The van der Waals surface area contributed by atoms with E-state index in [2.05, 4.69) is 11.8 Å². The summed E-state index contributed by atoms with van der Waals surface area (Å²) in [6.07, 6.45) is 0.0909. The Balaban J connectivity index is 4.36. The van der Waals surface area contributed by atoms with Gasteiger partial charge in [0.25, 0.3) is 0 Å². The molecular formula is C11H23NO3P+. The maximum Gasteiger partial charge on any atom is 0.381 e. The molecule has 0 aromatic carbocycles. The first-order chi connectivity index (χ1) is 7.18. The van der Waals surface area contributed by atoms with Crippen molar-refractivity contribution in [3.05, 3.63) is 0 Å². The summed E-state index contributed by atoms with van der Waals surface area (Å²) < 4.78 is 16.8. The van der Waals surface area contributed by atoms with E-state index in [-0.39, 0.29) is 12.9 Å². The molecule has 1 N–H and O–H groups in total. The lowest BCUT2D eigenvalue weighted by atomic mass is 10.2. The van der Waals surface area contributed by atoms with Crippen LogP contribution in [0.2, 0.25) is 0 Å². The lowest BCUT2D eigenvalue weighted by Gasteiger charge is -2.28. The zero-order valence-electron chi connectivity index (χ0n) is 10.9. The van der Waals surface area contributed by atoms with Crippen molar-refractivity contribution in [1.82, 2.24) is 0 Å². The fourth-order valence-electron chi connectivity index (χ4n) is 1.24. The lowest BCUT2D eigenvalue weighted by molar-refractivity contribution is -0.872. The molecule has 94 valence electrons. The van der Waals surface area contributed by atoms with Gasteiger partial charge in [0.15, 0.2) is 6.29 Å². The molecule has 5 heteroatoms. The largest absolute Gasteiger partial charge is 0.381 e. The third kappa shape index (κ3) is 7.90. The van der Waals surface area contributed by atoms with Crippen molar-refractivity contribution in [3.63, 3.8) is 0 Å². The zero-order valence-corrected chi connectivity index (χ0v) is 11.8. The molecule has 0 aromatic heterocycles. The molecule has 4 nitrogen and oxygen atoms in total. The molecule has 0 saturated heterocycles. The highest BCUT2D eigenvalue weighted by Crippen LogP contribution is 2.43. The molecule has 1 unspecified atom stereocenters. The highest BCUT2D eigenvalue weighted by atomic mass is 31.2. The van der Waals surface area contributed by atoms with Gasteiger partial charge in [0.05, 0.1) is 20.7 Å². The molecule has 0 saturated carbocycles. The van der Waals surface area contributed by atoms with Crippen molar-refractivity contribution in [1.29, 1.82) is 0 Å². The van der Waals surface area contributed by atoms with E-state index in [1.807, 2.05) is 27.9 Å². The second-order valence-electron chi connectivity index (χ2n) is 4.77. The maximum atomic E-state index is 11.6. The fourth-order valence-corrected chi connectivity index (χ4v) is 2.79. The van der Waals surface area contributed by atoms with Crippen molar-refractivity contribution in [2.24, 2.45) is 5.92 Å². The highest BCUT2D eigenvalue weighted by Gasteiger charge is 2.29. The molecule has 0 aromatic rings. The molecule has 0 heterocycles. The van der Waals surface area contributed by atoms with Crippen LogP contribution in [0, 0.1) is 17.8 Å². The third-order valence-electron chi connectivity index (χ3n) is 1.79. The molecule has 0 fully saturated rings. The van der Waals surface area contributed by atoms with Crippen molar-refractivity contribution in [3.8, 4) is 11.8 Å². The monoisotopic (exact) mass is 248 g/mol. The predicted octanol–water partition coefficient (Wildman–Crippen LogP) is 1.90. The van der Waals surface area contributed by atoms with Crippen LogP contribution >= 0.6 is 7.60 Å². The lowest BCUT2D eigenvalue weighted by Crippen LogP contribution is -2.40. The summed E-state index contributed by atoms with van der Waals surface area (Å²) in [6.45, 7) is 6.55. The van der Waals surface area contributed by atoms with Gasteiger partial charge in [0, 0.05) is 5.92 Å². The van der Waals surface area contributed by atoms with Crippen LogP contribution in [0.3, 0.4) is 0 Å². The number of nitrogens with zero attached hydrogens (tertiary/aromatic N) is 1. The van der Waals surface area contributed by atoms with E-state index in [9.17, 15) is 9.46 Å². The third-order valence-corrected chi connectivity index (χ3v) is 3.57. The maximum absolute atomic E-state index is 11.6. The minimum atomic E-state index is -3.47. The molecule has 0 aliphatic rings. The van der Waals surface area contributed by atoms with Crippen molar-refractivity contribution >= 4 is 7.60 Å². The first kappa shape index (κ1) is 15.7. The van der Waals surface area contributed by atoms with Gasteiger partial charge < -0.3 is 13.9 Å². The number of hydrogen-bond acceptors (Lipinski definition) is 2. The van der Waals surface area contributed by atoms with Crippen LogP contribution in [0.5, 0.6) is 0 Å². The molecule has 0 spiro atoms. The van der Waals surface area contributed by atoms with Crippen LogP contribution in [-0.4, -0.2) is 42.9 Å². The zero-order chi connectivity index (χ0) is 12.8. The van der Waals surface area contributed by atoms with Crippen molar-refractivity contribution in [2.75, 3.05) is 33.5 Å². The Morgan fingerprint density at radius 1 is 1.44 bits per heavy atom. The van der Waals surface area contributed by atoms with E-state index in [1.165, 1.54) is 0 Å². The van der Waals surface area contributed by atoms with E-state index in [0.29, 0.717) is 16.9 Å². The molecular weight excluding hydrogens is 225 g/mol. The Kier molecular flexibility index (Phi) is 6.28. The van der Waals surface area contributed by atoms with Gasteiger partial charge in [-0.15, -0.1) is 0 Å². The van der Waals surface area contributed by atoms with Crippen LogP contribution in [-0.2, 0) is 9.09 Å². The summed E-state index contributed by atoms with van der Waals surface area (Å²) >= 11 is 0. The predicted molar refractivity (Wildman–Crippen MR) is 65.9 cm³/mol. The summed E-state index contributed by atoms with van der Waals surface area (Å²) in [7, 11) is 0.270. The summed E-state index contributed by atoms with van der Waals surface area (Å²) in [5.74, 6) is 6.39. The Morgan fingerprint density at radius 2 is 2.00 bits per heavy atom. The average molecular weight is 248 g/mol. The number of hydrogen-bond donors (Lipinski definition) is 1. The first-order valence-corrected chi connectivity index (χ1v) is 7.21. The molecule has 1 atom stereocenters. The Morgan fingerprint density at radius 3 is 2.44 bits per heavy atom. The molecule has 16 heavy (non-hydrogen) atoms. The highest BCUT2D eigenvalue weighted by molar-refractivity contribution is 7.52. The smallest absolute Gasteiger partial charge is 0.320 e. The summed E-state index contributed by atoms with van der Waals surface area (Å²) in [4.78, 5) is 9.53.